The van der Waals surface area contributed by atoms with E-state index in [2.05, 4.69) is 5.32 Å². The maximum Gasteiger partial charge on any atom is 0.255 e. The molecule has 0 saturated carbocycles. The van der Waals surface area contributed by atoms with Crippen molar-refractivity contribution in [2.75, 3.05) is 20.1 Å². The molecule has 0 aliphatic carbocycles. The van der Waals surface area contributed by atoms with Gasteiger partial charge >= 0.3 is 0 Å². The number of hydrogen-bond acceptors (Lipinski definition) is 2. The first kappa shape index (κ1) is 18.3. The second-order valence-corrected chi connectivity index (χ2v) is 6.11. The van der Waals surface area contributed by atoms with Crippen LogP contribution in [0.2, 0.25) is 10.0 Å². The van der Waals surface area contributed by atoms with Gasteiger partial charge in [-0.1, -0.05) is 47.5 Å². The van der Waals surface area contributed by atoms with Gasteiger partial charge < -0.3 is 10.2 Å². The van der Waals surface area contributed by atoms with Gasteiger partial charge in [0.15, 0.2) is 0 Å². The number of amides is 2. The van der Waals surface area contributed by atoms with E-state index in [0.717, 1.165) is 0 Å². The lowest BCUT2D eigenvalue weighted by atomic mass is 10.2. The smallest absolute Gasteiger partial charge is 0.255 e. The van der Waals surface area contributed by atoms with Crippen LogP contribution in [0.15, 0.2) is 48.5 Å². The van der Waals surface area contributed by atoms with Crippen molar-refractivity contribution in [3.05, 3.63) is 69.7 Å². The van der Waals surface area contributed by atoms with Crippen molar-refractivity contribution in [3.8, 4) is 0 Å². The first-order valence-corrected chi connectivity index (χ1v) is 8.29. The third-order valence-corrected chi connectivity index (χ3v) is 4.18. The summed E-state index contributed by atoms with van der Waals surface area (Å²) >= 11 is 12.0. The number of nitrogens with zero attached hydrogens (tertiary/aromatic N) is 1. The molecule has 2 amide bonds. The van der Waals surface area contributed by atoms with Crippen LogP contribution in [-0.4, -0.2) is 36.9 Å². The number of rotatable bonds is 6. The minimum atomic E-state index is -0.222. The van der Waals surface area contributed by atoms with Crippen molar-refractivity contribution in [2.45, 2.75) is 6.42 Å². The maximum atomic E-state index is 12.3. The molecule has 0 aliphatic rings. The molecule has 0 aromatic heterocycles. The highest BCUT2D eigenvalue weighted by atomic mass is 35.5. The molecule has 0 atom stereocenters. The number of carbonyl (C=O) groups excluding carboxylic acids is 2. The average Bonchev–Trinajstić information content (AvgIpc) is 2.58. The van der Waals surface area contributed by atoms with Gasteiger partial charge in [-0.2, -0.15) is 0 Å². The van der Waals surface area contributed by atoms with Crippen LogP contribution in [0.3, 0.4) is 0 Å². The van der Waals surface area contributed by atoms with Crippen molar-refractivity contribution >= 4 is 35.0 Å². The standard InChI is InChI=1S/C18H18Cl2N2O2/c1-22(18(24)14-8-3-5-10-16(14)20)12-6-11-21-17(23)13-7-2-4-9-15(13)19/h2-5,7-10H,6,11-12H2,1H3,(H,21,23). The van der Waals surface area contributed by atoms with E-state index in [1.54, 1.807) is 60.5 Å². The van der Waals surface area contributed by atoms with Gasteiger partial charge in [-0.25, -0.2) is 0 Å². The minimum Gasteiger partial charge on any atom is -0.352 e. The predicted octanol–water partition coefficient (Wildman–Crippen LogP) is 3.89. The van der Waals surface area contributed by atoms with Crippen molar-refractivity contribution in [1.29, 1.82) is 0 Å². The van der Waals surface area contributed by atoms with E-state index >= 15 is 0 Å². The van der Waals surface area contributed by atoms with Crippen molar-refractivity contribution in [2.24, 2.45) is 0 Å². The van der Waals surface area contributed by atoms with E-state index in [-0.39, 0.29) is 11.8 Å². The third-order valence-electron chi connectivity index (χ3n) is 3.53. The van der Waals surface area contributed by atoms with Crippen LogP contribution in [0.5, 0.6) is 0 Å². The monoisotopic (exact) mass is 364 g/mol. The van der Waals surface area contributed by atoms with Gasteiger partial charge in [0.2, 0.25) is 0 Å². The molecule has 0 spiro atoms. The zero-order chi connectivity index (χ0) is 17.5. The fraction of sp³-hybridized carbons (Fsp3) is 0.222. The number of hydrogen-bond donors (Lipinski definition) is 1. The summed E-state index contributed by atoms with van der Waals surface area (Å²) in [5, 5.41) is 3.65. The number of nitrogens with one attached hydrogen (secondary N) is 1. The molecular formula is C18H18Cl2N2O2. The first-order valence-electron chi connectivity index (χ1n) is 7.53. The molecule has 2 aromatic rings. The highest BCUT2D eigenvalue weighted by Gasteiger charge is 2.14. The SMILES string of the molecule is CN(CCCNC(=O)c1ccccc1Cl)C(=O)c1ccccc1Cl. The summed E-state index contributed by atoms with van der Waals surface area (Å²) in [7, 11) is 1.71. The Morgan fingerprint density at radius 2 is 1.50 bits per heavy atom. The first-order chi connectivity index (χ1) is 11.5. The van der Waals surface area contributed by atoms with Gasteiger partial charge in [0, 0.05) is 20.1 Å². The van der Waals surface area contributed by atoms with E-state index in [9.17, 15) is 9.59 Å². The Labute approximate surface area is 151 Å². The Bertz CT molecular complexity index is 734. The molecule has 0 radical (unpaired) electrons. The predicted molar refractivity (Wildman–Crippen MR) is 96.8 cm³/mol. The Morgan fingerprint density at radius 1 is 0.958 bits per heavy atom. The molecule has 2 aromatic carbocycles. The zero-order valence-electron chi connectivity index (χ0n) is 13.3. The van der Waals surface area contributed by atoms with Crippen molar-refractivity contribution in [1.82, 2.24) is 10.2 Å². The fourth-order valence-corrected chi connectivity index (χ4v) is 2.64. The number of carbonyl (C=O) groups is 2. The summed E-state index contributed by atoms with van der Waals surface area (Å²) in [6.07, 6.45) is 0.628. The number of halogens is 2. The second-order valence-electron chi connectivity index (χ2n) is 5.30. The Kier molecular flexibility index (Phi) is 6.64. The molecule has 126 valence electrons. The summed E-state index contributed by atoms with van der Waals surface area (Å²) < 4.78 is 0. The van der Waals surface area contributed by atoms with Gasteiger partial charge in [-0.05, 0) is 30.7 Å². The molecule has 0 bridgehead atoms. The number of benzene rings is 2. The summed E-state index contributed by atoms with van der Waals surface area (Å²) in [4.78, 5) is 25.9. The zero-order valence-corrected chi connectivity index (χ0v) is 14.8. The fourth-order valence-electron chi connectivity index (χ4n) is 2.20. The lowest BCUT2D eigenvalue weighted by molar-refractivity contribution is 0.0793. The van der Waals surface area contributed by atoms with E-state index in [1.807, 2.05) is 0 Å². The molecular weight excluding hydrogens is 347 g/mol. The van der Waals surface area contributed by atoms with Crippen LogP contribution in [0.25, 0.3) is 0 Å². The molecule has 1 N–H and O–H groups in total. The summed E-state index contributed by atoms with van der Waals surface area (Å²) in [6, 6.07) is 13.8. The van der Waals surface area contributed by atoms with Crippen molar-refractivity contribution in [3.63, 3.8) is 0 Å². The van der Waals surface area contributed by atoms with Crippen LogP contribution in [0.4, 0.5) is 0 Å². The van der Waals surface area contributed by atoms with Gasteiger partial charge in [0.1, 0.15) is 0 Å². The van der Waals surface area contributed by atoms with E-state index < -0.39 is 0 Å². The second kappa shape index (κ2) is 8.71. The van der Waals surface area contributed by atoms with Gasteiger partial charge in [0.25, 0.3) is 11.8 Å². The van der Waals surface area contributed by atoms with Gasteiger partial charge in [-0.15, -0.1) is 0 Å². The molecule has 0 heterocycles. The summed E-state index contributed by atoms with van der Waals surface area (Å²) in [5.41, 5.74) is 0.918. The van der Waals surface area contributed by atoms with Crippen LogP contribution in [0.1, 0.15) is 27.1 Å². The topological polar surface area (TPSA) is 49.4 Å². The highest BCUT2D eigenvalue weighted by Crippen LogP contribution is 2.17. The highest BCUT2D eigenvalue weighted by molar-refractivity contribution is 6.34. The van der Waals surface area contributed by atoms with Crippen LogP contribution >= 0.6 is 23.2 Å². The normalized spacial score (nSPS) is 10.3. The lowest BCUT2D eigenvalue weighted by Crippen LogP contribution is -2.31. The van der Waals surface area contributed by atoms with Crippen LogP contribution in [-0.2, 0) is 0 Å². The lowest BCUT2D eigenvalue weighted by Gasteiger charge is -2.18. The molecule has 0 saturated heterocycles. The van der Waals surface area contributed by atoms with Crippen LogP contribution < -0.4 is 5.32 Å². The van der Waals surface area contributed by atoms with E-state index in [0.29, 0.717) is 40.7 Å². The minimum absolute atomic E-state index is 0.141. The molecule has 0 unspecified atom stereocenters. The molecule has 24 heavy (non-hydrogen) atoms. The van der Waals surface area contributed by atoms with Crippen LogP contribution in [0, 0.1) is 0 Å². The van der Waals surface area contributed by atoms with Gasteiger partial charge in [0.05, 0.1) is 21.2 Å². The summed E-state index contributed by atoms with van der Waals surface area (Å²) in [5.74, 6) is -0.362. The molecule has 0 aliphatic heterocycles. The largest absolute Gasteiger partial charge is 0.352 e. The van der Waals surface area contributed by atoms with E-state index in [1.165, 1.54) is 0 Å². The molecule has 0 fully saturated rings. The Morgan fingerprint density at radius 3 is 2.08 bits per heavy atom. The molecule has 6 heteroatoms. The third kappa shape index (κ3) is 4.73. The Balaban J connectivity index is 1.80. The maximum absolute atomic E-state index is 12.3. The van der Waals surface area contributed by atoms with Crippen molar-refractivity contribution < 1.29 is 9.59 Å². The molecule has 4 nitrogen and oxygen atoms in total. The van der Waals surface area contributed by atoms with E-state index in [4.69, 9.17) is 23.2 Å². The quantitative estimate of drug-likeness (QED) is 0.790. The van der Waals surface area contributed by atoms with Gasteiger partial charge in [-0.3, -0.25) is 9.59 Å². The molecule has 2 rings (SSSR count). The summed E-state index contributed by atoms with van der Waals surface area (Å²) in [6.45, 7) is 0.955. The average molecular weight is 365 g/mol. The Hall–Kier alpha value is -2.04.